The van der Waals surface area contributed by atoms with Gasteiger partial charge in [-0.2, -0.15) is 13.2 Å². The molecule has 3 unspecified atom stereocenters. The molecule has 10 nitrogen and oxygen atoms in total. The highest BCUT2D eigenvalue weighted by molar-refractivity contribution is 14.1. The van der Waals surface area contributed by atoms with Gasteiger partial charge in [0.25, 0.3) is 5.91 Å². The van der Waals surface area contributed by atoms with Gasteiger partial charge in [-0.25, -0.2) is 0 Å². The summed E-state index contributed by atoms with van der Waals surface area (Å²) in [7, 11) is 1.41. The van der Waals surface area contributed by atoms with E-state index in [9.17, 15) is 38.1 Å². The number of amides is 2. The fourth-order valence-corrected chi connectivity index (χ4v) is 6.58. The summed E-state index contributed by atoms with van der Waals surface area (Å²) in [5.74, 6) is -0.699. The second-order valence-corrected chi connectivity index (χ2v) is 12.7. The van der Waals surface area contributed by atoms with E-state index in [0.29, 0.717) is 15.6 Å². The molecule has 1 heterocycles. The van der Waals surface area contributed by atoms with Gasteiger partial charge < -0.3 is 40.0 Å². The number of nitrogens with zero attached hydrogens (tertiary/aromatic N) is 1. The average Bonchev–Trinajstić information content (AvgIpc) is 3.51. The van der Waals surface area contributed by atoms with Crippen molar-refractivity contribution in [3.05, 3.63) is 104 Å². The van der Waals surface area contributed by atoms with E-state index in [1.807, 2.05) is 52.9 Å². The number of aliphatic hydroxyl groups excluding tert-OH is 3. The van der Waals surface area contributed by atoms with Crippen LogP contribution < -0.4 is 14.8 Å². The van der Waals surface area contributed by atoms with E-state index < -0.39 is 41.8 Å². The van der Waals surface area contributed by atoms with Crippen LogP contribution in [0.25, 0.3) is 10.9 Å². The number of para-hydroxylation sites is 1. The van der Waals surface area contributed by atoms with Crippen molar-refractivity contribution in [2.24, 2.45) is 0 Å². The second kappa shape index (κ2) is 15.6. The second-order valence-electron chi connectivity index (χ2n) is 11.5. The quantitative estimate of drug-likeness (QED) is 0.132. The summed E-state index contributed by atoms with van der Waals surface area (Å²) >= 11 is 2.00. The first-order valence-corrected chi connectivity index (χ1v) is 16.5. The number of carbonyl (C=O) groups is 2. The SMILES string of the molecule is COc1cc(CO)cc(I)c1OC1C=C(C(=O)NCCO)CC(N(CCc2cc3ccccc3[nH]2)C(=O)c2ccc(C(F)(F)F)cc2)C1O. The minimum atomic E-state index is -4.60. The van der Waals surface area contributed by atoms with Crippen molar-refractivity contribution in [1.82, 2.24) is 15.2 Å². The molecule has 0 aliphatic heterocycles. The highest BCUT2D eigenvalue weighted by Gasteiger charge is 2.41. The van der Waals surface area contributed by atoms with E-state index in [2.05, 4.69) is 10.3 Å². The van der Waals surface area contributed by atoms with E-state index in [-0.39, 0.29) is 55.4 Å². The number of ether oxygens (including phenoxy) is 2. The number of rotatable bonds is 12. The van der Waals surface area contributed by atoms with Crippen molar-refractivity contribution in [2.45, 2.75) is 43.9 Å². The van der Waals surface area contributed by atoms with Crippen LogP contribution in [-0.4, -0.2) is 82.1 Å². The molecule has 2 amide bonds. The molecular formula is C35H35F3IN3O7. The van der Waals surface area contributed by atoms with Gasteiger partial charge in [-0.3, -0.25) is 9.59 Å². The van der Waals surface area contributed by atoms with Crippen molar-refractivity contribution in [1.29, 1.82) is 0 Å². The number of benzene rings is 3. The van der Waals surface area contributed by atoms with Crippen LogP contribution >= 0.6 is 22.6 Å². The highest BCUT2D eigenvalue weighted by Crippen LogP contribution is 2.37. The Kier molecular flexibility index (Phi) is 11.5. The van der Waals surface area contributed by atoms with Crippen LogP contribution in [0, 0.1) is 3.57 Å². The monoisotopic (exact) mass is 793 g/mol. The molecule has 0 spiro atoms. The third-order valence-electron chi connectivity index (χ3n) is 8.27. The smallest absolute Gasteiger partial charge is 0.416 e. The van der Waals surface area contributed by atoms with Gasteiger partial charge in [0.1, 0.15) is 12.2 Å². The summed E-state index contributed by atoms with van der Waals surface area (Å²) < 4.78 is 52.4. The Morgan fingerprint density at radius 3 is 2.47 bits per heavy atom. The Labute approximate surface area is 293 Å². The van der Waals surface area contributed by atoms with Gasteiger partial charge in [0.2, 0.25) is 5.91 Å². The molecule has 0 bridgehead atoms. The van der Waals surface area contributed by atoms with E-state index in [0.717, 1.165) is 40.9 Å². The molecule has 0 saturated carbocycles. The Hall–Kier alpha value is -4.12. The molecule has 1 aliphatic rings. The predicted octanol–water partition coefficient (Wildman–Crippen LogP) is 4.59. The number of aliphatic hydroxyl groups is 3. The number of halogens is 4. The zero-order valence-corrected chi connectivity index (χ0v) is 28.5. The number of fused-ring (bicyclic) bond motifs is 1. The largest absolute Gasteiger partial charge is 0.493 e. The number of methoxy groups -OCH3 is 1. The topological polar surface area (TPSA) is 144 Å². The number of aromatic amines is 1. The van der Waals surface area contributed by atoms with Crippen molar-refractivity contribution in [3.63, 3.8) is 0 Å². The van der Waals surface area contributed by atoms with Crippen molar-refractivity contribution < 1.29 is 47.6 Å². The van der Waals surface area contributed by atoms with E-state index in [1.165, 1.54) is 18.1 Å². The maximum atomic E-state index is 14.2. The summed E-state index contributed by atoms with van der Waals surface area (Å²) in [6, 6.07) is 15.5. The molecule has 49 heavy (non-hydrogen) atoms. The summed E-state index contributed by atoms with van der Waals surface area (Å²) in [6.07, 6.45) is -5.58. The van der Waals surface area contributed by atoms with Gasteiger partial charge >= 0.3 is 6.18 Å². The highest BCUT2D eigenvalue weighted by atomic mass is 127. The van der Waals surface area contributed by atoms with Crippen molar-refractivity contribution in [2.75, 3.05) is 26.8 Å². The molecule has 3 atom stereocenters. The Morgan fingerprint density at radius 2 is 1.82 bits per heavy atom. The molecule has 260 valence electrons. The number of alkyl halides is 3. The van der Waals surface area contributed by atoms with E-state index in [4.69, 9.17) is 9.47 Å². The number of aromatic nitrogens is 1. The van der Waals surface area contributed by atoms with Crippen molar-refractivity contribution >= 4 is 45.3 Å². The molecule has 1 aliphatic carbocycles. The van der Waals surface area contributed by atoms with Crippen LogP contribution in [0.4, 0.5) is 13.2 Å². The lowest BCUT2D eigenvalue weighted by molar-refractivity contribution is -0.137. The number of H-pyrrole nitrogens is 1. The average molecular weight is 794 g/mol. The number of nitrogens with one attached hydrogen (secondary N) is 2. The molecule has 0 radical (unpaired) electrons. The van der Waals surface area contributed by atoms with Crippen LogP contribution in [-0.2, 0) is 24.0 Å². The summed E-state index contributed by atoms with van der Waals surface area (Å²) in [6.45, 7) is -0.593. The molecule has 5 N–H and O–H groups in total. The van der Waals surface area contributed by atoms with Gasteiger partial charge in [-0.1, -0.05) is 18.2 Å². The van der Waals surface area contributed by atoms with Crippen molar-refractivity contribution in [3.8, 4) is 11.5 Å². The summed E-state index contributed by atoms with van der Waals surface area (Å²) in [5, 5.41) is 34.4. The third-order valence-corrected chi connectivity index (χ3v) is 9.07. The molecule has 0 fully saturated rings. The molecule has 1 aromatic heterocycles. The van der Waals surface area contributed by atoms with Crippen LogP contribution in [0.15, 0.2) is 78.4 Å². The maximum absolute atomic E-state index is 14.2. The predicted molar refractivity (Wildman–Crippen MR) is 183 cm³/mol. The van der Waals surface area contributed by atoms with Gasteiger partial charge in [0, 0.05) is 48.3 Å². The van der Waals surface area contributed by atoms with Gasteiger partial charge in [-0.15, -0.1) is 0 Å². The van der Waals surface area contributed by atoms with E-state index >= 15 is 0 Å². The first-order valence-electron chi connectivity index (χ1n) is 15.4. The number of hydrogen-bond donors (Lipinski definition) is 5. The van der Waals surface area contributed by atoms with Gasteiger partial charge in [0.15, 0.2) is 11.5 Å². The zero-order chi connectivity index (χ0) is 35.3. The fraction of sp³-hybridized carbons (Fsp3) is 0.314. The van der Waals surface area contributed by atoms with Crippen LogP contribution in [0.1, 0.15) is 33.6 Å². The van der Waals surface area contributed by atoms with Gasteiger partial charge in [0.05, 0.1) is 35.5 Å². The first kappa shape index (κ1) is 36.2. The number of carbonyl (C=O) groups excluding carboxylic acids is 2. The Balaban J connectivity index is 1.53. The molecule has 4 aromatic rings. The maximum Gasteiger partial charge on any atom is 0.416 e. The lowest BCUT2D eigenvalue weighted by Gasteiger charge is -2.40. The first-order chi connectivity index (χ1) is 23.4. The summed E-state index contributed by atoms with van der Waals surface area (Å²) in [4.78, 5) is 32.1. The Morgan fingerprint density at radius 1 is 1.08 bits per heavy atom. The molecule has 14 heteroatoms. The third kappa shape index (κ3) is 8.37. The number of hydrogen-bond acceptors (Lipinski definition) is 7. The molecule has 3 aromatic carbocycles. The van der Waals surface area contributed by atoms with E-state index in [1.54, 1.807) is 12.1 Å². The normalized spacial score (nSPS) is 17.8. The molecular weight excluding hydrogens is 758 g/mol. The minimum Gasteiger partial charge on any atom is -0.493 e. The molecule has 0 saturated heterocycles. The fourth-order valence-electron chi connectivity index (χ4n) is 5.79. The lowest BCUT2D eigenvalue weighted by atomic mass is 9.87. The van der Waals surface area contributed by atoms with Gasteiger partial charge in [-0.05, 0) is 88.1 Å². The van der Waals surface area contributed by atoms with Crippen LogP contribution in [0.3, 0.4) is 0 Å². The van der Waals surface area contributed by atoms with Crippen LogP contribution in [0.2, 0.25) is 0 Å². The zero-order valence-electron chi connectivity index (χ0n) is 26.3. The van der Waals surface area contributed by atoms with Crippen LogP contribution in [0.5, 0.6) is 11.5 Å². The summed E-state index contributed by atoms with van der Waals surface area (Å²) in [5.41, 5.74) is 1.44. The minimum absolute atomic E-state index is 0.0265. The standard InChI is InChI=1S/C35H35F3IN3O7/c1-48-30-15-20(19-44)14-26(39)32(30)49-29-18-23(33(46)40-11-13-43)17-28(31(29)45)42(12-10-25-16-22-4-2-3-5-27(22)41-25)34(47)21-6-8-24(9-7-21)35(36,37)38/h2-9,14-16,18,28-29,31,41,43-45H,10-13,17,19H2,1H3,(H,40,46). The molecule has 5 rings (SSSR count). The Bertz CT molecular complexity index is 1790. The lowest BCUT2D eigenvalue weighted by Crippen LogP contribution is -2.55.